The molecular formula is C16H23NO2. The molecule has 104 valence electrons. The van der Waals surface area contributed by atoms with Crippen LogP contribution in [0, 0.1) is 19.8 Å². The SMILES string of the molecule is COC(=O)[C@H]1CCCN(Cc2cc(C)cc(C)c2)C1. The second kappa shape index (κ2) is 6.20. The van der Waals surface area contributed by atoms with E-state index in [9.17, 15) is 4.79 Å². The van der Waals surface area contributed by atoms with E-state index < -0.39 is 0 Å². The Morgan fingerprint density at radius 3 is 2.63 bits per heavy atom. The highest BCUT2D eigenvalue weighted by Gasteiger charge is 2.26. The minimum Gasteiger partial charge on any atom is -0.469 e. The Bertz CT molecular complexity index is 436. The lowest BCUT2D eigenvalue weighted by Crippen LogP contribution is -2.38. The number of piperidine rings is 1. The fourth-order valence-electron chi connectivity index (χ4n) is 2.98. The molecule has 0 spiro atoms. The van der Waals surface area contributed by atoms with E-state index in [0.29, 0.717) is 0 Å². The summed E-state index contributed by atoms with van der Waals surface area (Å²) >= 11 is 0. The summed E-state index contributed by atoms with van der Waals surface area (Å²) in [4.78, 5) is 14.0. The number of benzene rings is 1. The Morgan fingerprint density at radius 1 is 1.32 bits per heavy atom. The number of carbonyl (C=O) groups excluding carboxylic acids is 1. The highest BCUT2D eigenvalue weighted by molar-refractivity contribution is 5.72. The van der Waals surface area contributed by atoms with Gasteiger partial charge >= 0.3 is 5.97 Å². The van der Waals surface area contributed by atoms with Crippen LogP contribution >= 0.6 is 0 Å². The molecule has 0 bridgehead atoms. The van der Waals surface area contributed by atoms with Crippen LogP contribution < -0.4 is 0 Å². The van der Waals surface area contributed by atoms with Crippen LogP contribution in [0.4, 0.5) is 0 Å². The van der Waals surface area contributed by atoms with Crippen LogP contribution in [0.5, 0.6) is 0 Å². The maximum atomic E-state index is 11.6. The molecule has 0 radical (unpaired) electrons. The number of hydrogen-bond acceptors (Lipinski definition) is 3. The molecule has 1 aromatic carbocycles. The smallest absolute Gasteiger partial charge is 0.309 e. The summed E-state index contributed by atoms with van der Waals surface area (Å²) in [5.74, 6) is -0.0187. The monoisotopic (exact) mass is 261 g/mol. The third kappa shape index (κ3) is 3.80. The van der Waals surface area contributed by atoms with E-state index in [-0.39, 0.29) is 11.9 Å². The molecule has 1 heterocycles. The fraction of sp³-hybridized carbons (Fsp3) is 0.562. The van der Waals surface area contributed by atoms with Gasteiger partial charge in [0.05, 0.1) is 13.0 Å². The second-order valence-corrected chi connectivity index (χ2v) is 5.59. The van der Waals surface area contributed by atoms with Crippen LogP contribution in [0.3, 0.4) is 0 Å². The van der Waals surface area contributed by atoms with Gasteiger partial charge in [0.2, 0.25) is 0 Å². The lowest BCUT2D eigenvalue weighted by atomic mass is 9.97. The van der Waals surface area contributed by atoms with E-state index >= 15 is 0 Å². The normalized spacial score (nSPS) is 20.3. The molecule has 3 nitrogen and oxygen atoms in total. The number of hydrogen-bond donors (Lipinski definition) is 0. The zero-order chi connectivity index (χ0) is 13.8. The van der Waals surface area contributed by atoms with Gasteiger partial charge in [-0.1, -0.05) is 29.3 Å². The number of ether oxygens (including phenoxy) is 1. The number of esters is 1. The molecule has 19 heavy (non-hydrogen) atoms. The Kier molecular flexibility index (Phi) is 4.59. The van der Waals surface area contributed by atoms with Gasteiger partial charge in [0.1, 0.15) is 0 Å². The zero-order valence-corrected chi connectivity index (χ0v) is 12.1. The summed E-state index contributed by atoms with van der Waals surface area (Å²) in [6, 6.07) is 6.65. The van der Waals surface area contributed by atoms with Gasteiger partial charge in [-0.3, -0.25) is 9.69 Å². The van der Waals surface area contributed by atoms with Gasteiger partial charge in [-0.2, -0.15) is 0 Å². The molecule has 1 saturated heterocycles. The van der Waals surface area contributed by atoms with Crippen molar-refractivity contribution in [1.82, 2.24) is 4.90 Å². The van der Waals surface area contributed by atoms with E-state index in [1.165, 1.54) is 23.8 Å². The summed E-state index contributed by atoms with van der Waals surface area (Å²) < 4.78 is 4.86. The van der Waals surface area contributed by atoms with Crippen molar-refractivity contribution >= 4 is 5.97 Å². The Labute approximate surface area is 115 Å². The molecular weight excluding hydrogens is 238 g/mol. The van der Waals surface area contributed by atoms with Crippen molar-refractivity contribution in [3.63, 3.8) is 0 Å². The van der Waals surface area contributed by atoms with Crippen molar-refractivity contribution in [3.05, 3.63) is 34.9 Å². The highest BCUT2D eigenvalue weighted by Crippen LogP contribution is 2.20. The Morgan fingerprint density at radius 2 is 2.00 bits per heavy atom. The van der Waals surface area contributed by atoms with Crippen LogP contribution in [0.15, 0.2) is 18.2 Å². The van der Waals surface area contributed by atoms with Gasteiger partial charge in [0.25, 0.3) is 0 Å². The second-order valence-electron chi connectivity index (χ2n) is 5.59. The average Bonchev–Trinajstić information content (AvgIpc) is 2.37. The quantitative estimate of drug-likeness (QED) is 0.784. The third-order valence-corrected chi connectivity index (χ3v) is 3.73. The molecule has 0 aliphatic carbocycles. The maximum Gasteiger partial charge on any atom is 0.309 e. The van der Waals surface area contributed by atoms with E-state index in [4.69, 9.17) is 4.74 Å². The first-order valence-electron chi connectivity index (χ1n) is 6.96. The molecule has 0 aromatic heterocycles. The number of rotatable bonds is 3. The molecule has 0 N–H and O–H groups in total. The van der Waals surface area contributed by atoms with E-state index in [0.717, 1.165) is 32.5 Å². The summed E-state index contributed by atoms with van der Waals surface area (Å²) in [5.41, 5.74) is 3.94. The lowest BCUT2D eigenvalue weighted by Gasteiger charge is -2.31. The van der Waals surface area contributed by atoms with Gasteiger partial charge in [-0.15, -0.1) is 0 Å². The molecule has 1 atom stereocenters. The predicted octanol–water partition coefficient (Wildman–Crippen LogP) is 2.69. The summed E-state index contributed by atoms with van der Waals surface area (Å²) in [6.07, 6.45) is 2.03. The van der Waals surface area contributed by atoms with E-state index in [2.05, 4.69) is 36.9 Å². The molecule has 1 aromatic rings. The first-order valence-corrected chi connectivity index (χ1v) is 6.96. The molecule has 0 saturated carbocycles. The fourth-order valence-corrected chi connectivity index (χ4v) is 2.98. The molecule has 3 heteroatoms. The van der Waals surface area contributed by atoms with Gasteiger partial charge < -0.3 is 4.74 Å². The van der Waals surface area contributed by atoms with E-state index in [1.807, 2.05) is 0 Å². The van der Waals surface area contributed by atoms with Crippen LogP contribution in [0.2, 0.25) is 0 Å². The standard InChI is InChI=1S/C16H23NO2/c1-12-7-13(2)9-14(8-12)10-17-6-4-5-15(11-17)16(18)19-3/h7-9,15H,4-6,10-11H2,1-3H3/t15-/m0/s1. The molecule has 2 rings (SSSR count). The van der Waals surface area contributed by atoms with Crippen molar-refractivity contribution in [2.75, 3.05) is 20.2 Å². The molecule has 0 amide bonds. The predicted molar refractivity (Wildman–Crippen MR) is 75.9 cm³/mol. The van der Waals surface area contributed by atoms with E-state index in [1.54, 1.807) is 0 Å². The third-order valence-electron chi connectivity index (χ3n) is 3.73. The molecule has 1 fully saturated rings. The first kappa shape index (κ1) is 14.1. The topological polar surface area (TPSA) is 29.5 Å². The number of likely N-dealkylation sites (tertiary alicyclic amines) is 1. The van der Waals surface area contributed by atoms with Crippen molar-refractivity contribution in [2.24, 2.45) is 5.92 Å². The van der Waals surface area contributed by atoms with Crippen LogP contribution in [0.25, 0.3) is 0 Å². The number of nitrogens with zero attached hydrogens (tertiary/aromatic N) is 1. The van der Waals surface area contributed by atoms with Crippen molar-refractivity contribution in [2.45, 2.75) is 33.2 Å². The molecule has 0 unspecified atom stereocenters. The van der Waals surface area contributed by atoms with Crippen molar-refractivity contribution in [3.8, 4) is 0 Å². The zero-order valence-electron chi connectivity index (χ0n) is 12.1. The molecule has 1 aliphatic heterocycles. The number of aryl methyl sites for hydroxylation is 2. The summed E-state index contributed by atoms with van der Waals surface area (Å²) in [7, 11) is 1.48. The average molecular weight is 261 g/mol. The summed E-state index contributed by atoms with van der Waals surface area (Å²) in [5, 5.41) is 0. The van der Waals surface area contributed by atoms with Crippen LogP contribution in [-0.2, 0) is 16.1 Å². The number of carbonyl (C=O) groups is 1. The van der Waals surface area contributed by atoms with Gasteiger partial charge in [0, 0.05) is 13.1 Å². The minimum absolute atomic E-state index is 0.0460. The number of methoxy groups -OCH3 is 1. The molecule has 1 aliphatic rings. The van der Waals surface area contributed by atoms with Gasteiger partial charge in [-0.25, -0.2) is 0 Å². The van der Waals surface area contributed by atoms with Crippen molar-refractivity contribution < 1.29 is 9.53 Å². The highest BCUT2D eigenvalue weighted by atomic mass is 16.5. The largest absolute Gasteiger partial charge is 0.469 e. The van der Waals surface area contributed by atoms with Gasteiger partial charge in [0.15, 0.2) is 0 Å². The van der Waals surface area contributed by atoms with Gasteiger partial charge in [-0.05, 0) is 38.8 Å². The maximum absolute atomic E-state index is 11.6. The lowest BCUT2D eigenvalue weighted by molar-refractivity contribution is -0.147. The van der Waals surface area contributed by atoms with Crippen LogP contribution in [0.1, 0.15) is 29.5 Å². The Hall–Kier alpha value is -1.35. The first-order chi connectivity index (χ1) is 9.08. The van der Waals surface area contributed by atoms with Crippen molar-refractivity contribution in [1.29, 1.82) is 0 Å². The minimum atomic E-state index is -0.0647. The van der Waals surface area contributed by atoms with Crippen LogP contribution in [-0.4, -0.2) is 31.1 Å². The Balaban J connectivity index is 2.00. The summed E-state index contributed by atoms with van der Waals surface area (Å²) in [6.45, 7) is 7.07.